The third-order valence-corrected chi connectivity index (χ3v) is 20.5. The molecule has 0 amide bonds. The van der Waals surface area contributed by atoms with Gasteiger partial charge in [0.15, 0.2) is 0 Å². The zero-order valence-electron chi connectivity index (χ0n) is 64.2. The lowest BCUT2D eigenvalue weighted by Crippen LogP contribution is -2.34. The van der Waals surface area contributed by atoms with Crippen molar-refractivity contribution in [2.75, 3.05) is 52.2 Å². The first kappa shape index (κ1) is 74.3. The molecule has 0 aliphatic carbocycles. The van der Waals surface area contributed by atoms with E-state index < -0.39 is 0 Å². The zero-order valence-corrected chi connectivity index (χ0v) is 64.2. The van der Waals surface area contributed by atoms with Gasteiger partial charge in [0.1, 0.15) is 96.2 Å². The van der Waals surface area contributed by atoms with Crippen molar-refractivity contribution < 1.29 is 46.7 Å². The van der Waals surface area contributed by atoms with Crippen LogP contribution in [0.2, 0.25) is 0 Å². The Morgan fingerprint density at radius 2 is 0.769 bits per heavy atom. The summed E-state index contributed by atoms with van der Waals surface area (Å²) in [5.41, 5.74) is 31.8. The average Bonchev–Trinajstić information content (AvgIpc) is 0.766. The van der Waals surface area contributed by atoms with Crippen LogP contribution >= 0.6 is 0 Å². The Kier molecular flexibility index (Phi) is 21.5. The van der Waals surface area contributed by atoms with E-state index in [1.54, 1.807) is 28.1 Å². The van der Waals surface area contributed by atoms with Gasteiger partial charge in [-0.25, -0.2) is 28.7 Å². The van der Waals surface area contributed by atoms with Gasteiger partial charge in [-0.05, 0) is 174 Å². The Labute approximate surface area is 609 Å². The number of rotatable bonds is 10. The minimum Gasteiger partial charge on any atom is -0.496 e. The van der Waals surface area contributed by atoms with Crippen molar-refractivity contribution >= 4 is 77.1 Å². The number of hydrogen-bond donors (Lipinski definition) is 2. The van der Waals surface area contributed by atoms with E-state index in [0.717, 1.165) is 134 Å². The van der Waals surface area contributed by atoms with E-state index in [1.807, 2.05) is 96.9 Å². The van der Waals surface area contributed by atoms with Gasteiger partial charge in [0.2, 0.25) is 44.8 Å². The van der Waals surface area contributed by atoms with Gasteiger partial charge in [0, 0.05) is 98.5 Å². The van der Waals surface area contributed by atoms with Crippen molar-refractivity contribution in [3.8, 4) is 56.5 Å². The zero-order chi connectivity index (χ0) is 75.2. The van der Waals surface area contributed by atoms with Crippen LogP contribution in [-0.2, 0) is 41.4 Å². The molecule has 532 valence electrons. The minimum absolute atomic E-state index is 0.0245. The first-order valence-electron chi connectivity index (χ1n) is 35.0. The molecule has 0 spiro atoms. The quantitative estimate of drug-likeness (QED) is 0.128. The van der Waals surface area contributed by atoms with Gasteiger partial charge in [-0.1, -0.05) is 72.8 Å². The molecule has 4 aromatic heterocycles. The number of nitrogens with zero attached hydrogens (tertiary/aromatic N) is 10. The summed E-state index contributed by atoms with van der Waals surface area (Å²) in [4.78, 5) is 23.4. The van der Waals surface area contributed by atoms with Gasteiger partial charge in [0.25, 0.3) is 0 Å². The van der Waals surface area contributed by atoms with Crippen LogP contribution in [0.3, 0.4) is 0 Å². The molecule has 0 saturated carbocycles. The number of aryl methyl sites for hydroxylation is 14. The number of aromatic nitrogens is 8. The number of aliphatic hydroxyl groups is 2. The van der Waals surface area contributed by atoms with Gasteiger partial charge in [-0.3, -0.25) is 0 Å². The Morgan fingerprint density at radius 3 is 1.20 bits per heavy atom. The van der Waals surface area contributed by atoms with Gasteiger partial charge in [-0.15, -0.1) is 0 Å². The second-order valence-electron chi connectivity index (χ2n) is 27.7. The third kappa shape index (κ3) is 13.8. The first-order chi connectivity index (χ1) is 49.5. The Morgan fingerprint density at radius 1 is 0.375 bits per heavy atom. The van der Waals surface area contributed by atoms with E-state index in [4.69, 9.17) is 19.4 Å². The predicted molar refractivity (Wildman–Crippen MR) is 419 cm³/mol. The Bertz CT molecular complexity index is 5750. The van der Waals surface area contributed by atoms with Gasteiger partial charge >= 0.3 is 0 Å². The largest absolute Gasteiger partial charge is 0.496 e. The van der Waals surface area contributed by atoms with Gasteiger partial charge in [0.05, 0.1) is 49.7 Å². The lowest BCUT2D eigenvalue weighted by molar-refractivity contribution is -0.634. The van der Waals surface area contributed by atoms with E-state index in [9.17, 15) is 19.0 Å². The topological polar surface area (TPSA) is 132 Å². The minimum atomic E-state index is -0.257. The summed E-state index contributed by atoms with van der Waals surface area (Å²) in [5.74, 6) is 1.06. The molecule has 0 fully saturated rings. The molecule has 0 bridgehead atoms. The average molecular weight is 1400 g/mol. The van der Waals surface area contributed by atoms with Crippen LogP contribution in [-0.4, -0.2) is 72.6 Å². The standard InChI is InChI=1S/C24H26N3.C23H23N2O.C21H25FN3O.C20H22FN2O2/c1-15-10-9-13-21-23(15)25-17(3)24(27(21)6)20-14-22(26(4)5)19-12-8-7-11-18(19)16(20)2;1-14-8-7-11-21-22(14)24-16(3)23(25(21)4)20-12-17(13-26)19-10-6-5-9-18(19)15(20)2;1-12-8-19-18(11-17(12)22)23-14(3)21(25(19)6)16-9-15(24(4)5)10-20(26-7)13(16)2;1-11-6-18-17(9-16(11)21)22-13(3)20(23(18)4)15-7-14(10-24)8-19(25-5)12(15)2/h7-14H,1-6H3;5-12,26H,13H2,1-4H3;8-11H,1-7H3;6-9,24H,10H2,1-5H3/q4*+1. The number of ether oxygens (including phenoxy) is 2. The number of benzene rings is 10. The van der Waals surface area contributed by atoms with Crippen molar-refractivity contribution in [3.63, 3.8) is 0 Å². The van der Waals surface area contributed by atoms with Crippen LogP contribution in [0, 0.1) is 94.7 Å². The second-order valence-corrected chi connectivity index (χ2v) is 27.7. The molecule has 0 aliphatic heterocycles. The highest BCUT2D eigenvalue weighted by molar-refractivity contribution is 6.01. The maximum Gasteiger partial charge on any atom is 0.234 e. The lowest BCUT2D eigenvalue weighted by Gasteiger charge is -2.19. The van der Waals surface area contributed by atoms with Crippen molar-refractivity contribution in [2.45, 2.75) is 96.3 Å². The number of para-hydroxylation sites is 2. The highest BCUT2D eigenvalue weighted by Crippen LogP contribution is 2.40. The number of halogens is 2. The maximum atomic E-state index is 14.0. The summed E-state index contributed by atoms with van der Waals surface area (Å²) < 4.78 is 47.6. The number of aliphatic hydroxyl groups excluding tert-OH is 2. The first-order valence-corrected chi connectivity index (χ1v) is 35.0. The van der Waals surface area contributed by atoms with Crippen LogP contribution in [0.5, 0.6) is 11.5 Å². The summed E-state index contributed by atoms with van der Waals surface area (Å²) in [6, 6.07) is 48.6. The van der Waals surface area contributed by atoms with Gasteiger partial charge in [-0.2, -0.15) is 18.3 Å². The third-order valence-electron chi connectivity index (χ3n) is 20.5. The molecule has 14 nitrogen and oxygen atoms in total. The molecule has 0 unspecified atom stereocenters. The SMILES string of the molecule is COc1cc(CO)cc(-c2c(C)nc3cc(F)c(C)cc3[n+]2C)c1C.COc1cc(N(C)C)cc(-c2c(C)nc3cc(F)c(C)cc3[n+]2C)c1C.Cc1nc2c(C)cccc2[n+](C)c1-c1cc(CO)c2ccccc2c1C.Cc1nc2c(C)cccc2[n+](C)c1-c1cc(N(C)C)c2ccccc2c1C. The molecule has 4 heterocycles. The fourth-order valence-corrected chi connectivity index (χ4v) is 14.8. The summed E-state index contributed by atoms with van der Waals surface area (Å²) in [7, 11) is 19.7. The molecule has 0 saturated heterocycles. The lowest BCUT2D eigenvalue weighted by atomic mass is 9.93. The van der Waals surface area contributed by atoms with E-state index in [2.05, 4.69) is 200 Å². The van der Waals surface area contributed by atoms with Crippen molar-refractivity contribution in [2.24, 2.45) is 28.2 Å². The smallest absolute Gasteiger partial charge is 0.234 e. The Hall–Kier alpha value is -10.9. The summed E-state index contributed by atoms with van der Waals surface area (Å²) >= 11 is 0. The summed E-state index contributed by atoms with van der Waals surface area (Å²) in [6.07, 6.45) is 0. The molecular formula is C88H96F2N10O4+4. The number of methoxy groups -OCH3 is 2. The molecule has 0 radical (unpaired) electrons. The number of hydrogen-bond acceptors (Lipinski definition) is 10. The molecule has 2 N–H and O–H groups in total. The molecule has 14 aromatic rings. The van der Waals surface area contributed by atoms with Crippen LogP contribution in [0.25, 0.3) is 111 Å². The molecule has 14 rings (SSSR count). The van der Waals surface area contributed by atoms with Crippen LogP contribution in [0.1, 0.15) is 78.4 Å². The summed E-state index contributed by atoms with van der Waals surface area (Å²) in [5, 5.41) is 24.4. The Balaban J connectivity index is 0.000000139. The van der Waals surface area contributed by atoms with E-state index in [-0.39, 0.29) is 24.8 Å². The highest BCUT2D eigenvalue weighted by atomic mass is 19.1. The highest BCUT2D eigenvalue weighted by Gasteiger charge is 2.29. The van der Waals surface area contributed by atoms with Crippen molar-refractivity contribution in [1.82, 2.24) is 19.9 Å². The monoisotopic (exact) mass is 1390 g/mol. The second kappa shape index (κ2) is 30.2. The maximum absolute atomic E-state index is 14.0. The van der Waals surface area contributed by atoms with Crippen molar-refractivity contribution in [1.29, 1.82) is 0 Å². The van der Waals surface area contributed by atoms with Gasteiger partial charge < -0.3 is 29.5 Å². The fourth-order valence-electron chi connectivity index (χ4n) is 14.8. The predicted octanol–water partition coefficient (Wildman–Crippen LogP) is 16.3. The molecule has 104 heavy (non-hydrogen) atoms. The van der Waals surface area contributed by atoms with Crippen LogP contribution in [0.15, 0.2) is 146 Å². The summed E-state index contributed by atoms with van der Waals surface area (Å²) in [6.45, 7) is 24.1. The molecule has 16 heteroatoms. The number of fused-ring (bicyclic) bond motifs is 6. The van der Waals surface area contributed by atoms with Crippen molar-refractivity contribution in [3.05, 3.63) is 236 Å². The van der Waals surface area contributed by atoms with E-state index >= 15 is 0 Å². The van der Waals surface area contributed by atoms with E-state index in [1.165, 1.54) is 67.5 Å². The van der Waals surface area contributed by atoms with Crippen LogP contribution < -0.4 is 37.5 Å². The molecule has 0 atom stereocenters. The molecule has 10 aromatic carbocycles. The van der Waals surface area contributed by atoms with E-state index in [0.29, 0.717) is 22.2 Å². The van der Waals surface area contributed by atoms with Crippen LogP contribution in [0.4, 0.5) is 20.2 Å². The normalized spacial score (nSPS) is 11.2. The fraction of sp³-hybridized carbons (Fsp3) is 0.273. The molecule has 0 aliphatic rings. The molecular weight excluding hydrogens is 1300 g/mol. The number of anilines is 2.